The van der Waals surface area contributed by atoms with E-state index in [2.05, 4.69) is 36.4 Å². The Labute approximate surface area is 171 Å². The Bertz CT molecular complexity index is 1020. The van der Waals surface area contributed by atoms with Gasteiger partial charge >= 0.3 is 0 Å². The molecule has 6 nitrogen and oxygen atoms in total. The molecule has 1 aromatic heterocycles. The Kier molecular flexibility index (Phi) is 4.81. The summed E-state index contributed by atoms with van der Waals surface area (Å²) in [6.45, 7) is 6.11. The quantitative estimate of drug-likeness (QED) is 0.771. The molecular weight excluding hydrogens is 364 g/mol. The third-order valence-electron chi connectivity index (χ3n) is 5.86. The third-order valence-corrected chi connectivity index (χ3v) is 5.86. The van der Waals surface area contributed by atoms with Crippen molar-refractivity contribution in [3.63, 3.8) is 0 Å². The van der Waals surface area contributed by atoms with Crippen LogP contribution in [0.15, 0.2) is 30.4 Å². The number of ketones is 1. The van der Waals surface area contributed by atoms with E-state index in [0.29, 0.717) is 12.0 Å². The minimum atomic E-state index is -0.458. The number of amides is 1. The second-order valence-electron chi connectivity index (χ2n) is 8.98. The van der Waals surface area contributed by atoms with Crippen LogP contribution in [0.5, 0.6) is 0 Å². The number of nitrogens with zero attached hydrogens (tertiary/aromatic N) is 2. The summed E-state index contributed by atoms with van der Waals surface area (Å²) < 4.78 is 1.86. The number of aromatic nitrogens is 2. The molecule has 0 fully saturated rings. The summed E-state index contributed by atoms with van der Waals surface area (Å²) >= 11 is 0. The zero-order valence-electron chi connectivity index (χ0n) is 17.3. The molecule has 1 unspecified atom stereocenters. The van der Waals surface area contributed by atoms with E-state index in [-0.39, 0.29) is 17.2 Å². The van der Waals surface area contributed by atoms with Gasteiger partial charge in [0.15, 0.2) is 5.78 Å². The van der Waals surface area contributed by atoms with Crippen LogP contribution in [0.25, 0.3) is 5.69 Å². The van der Waals surface area contributed by atoms with E-state index < -0.39 is 5.91 Å². The third kappa shape index (κ3) is 3.71. The average molecular weight is 393 g/mol. The predicted molar refractivity (Wildman–Crippen MR) is 114 cm³/mol. The van der Waals surface area contributed by atoms with Crippen molar-refractivity contribution in [2.75, 3.05) is 5.32 Å². The smallest absolute Gasteiger partial charge is 0.250 e. The Morgan fingerprint density at radius 3 is 2.76 bits per heavy atom. The Balaban J connectivity index is 1.77. The Morgan fingerprint density at radius 2 is 2.07 bits per heavy atom. The number of fused-ring (bicyclic) bond motifs is 1. The van der Waals surface area contributed by atoms with Gasteiger partial charge < -0.3 is 11.1 Å². The van der Waals surface area contributed by atoms with Crippen LogP contribution in [0.2, 0.25) is 0 Å². The standard InChI is InChI=1S/C23H28N4O2/c1-14-21-19(12-23(2,3)13-20(21)28)27(26-14)16-9-10-17(22(24)29)18(11-16)25-15-7-5-4-6-8-15/h4-5,9-11,15,25H,6-8,12-13H2,1-3H3,(H2,24,29). The fourth-order valence-corrected chi connectivity index (χ4v) is 4.50. The number of carbonyl (C=O) groups is 2. The number of primary amides is 1. The zero-order chi connectivity index (χ0) is 20.8. The number of allylic oxidation sites excluding steroid dienone is 1. The summed E-state index contributed by atoms with van der Waals surface area (Å²) in [6.07, 6.45) is 8.61. The predicted octanol–water partition coefficient (Wildman–Crippen LogP) is 3.96. The summed E-state index contributed by atoms with van der Waals surface area (Å²) in [4.78, 5) is 24.7. The largest absolute Gasteiger partial charge is 0.381 e. The summed E-state index contributed by atoms with van der Waals surface area (Å²) in [7, 11) is 0. The van der Waals surface area contributed by atoms with Gasteiger partial charge in [0.1, 0.15) is 0 Å². The van der Waals surface area contributed by atoms with E-state index in [0.717, 1.165) is 54.0 Å². The summed E-state index contributed by atoms with van der Waals surface area (Å²) in [5.74, 6) is -0.304. The summed E-state index contributed by atoms with van der Waals surface area (Å²) in [5.41, 5.74) is 9.99. The maximum Gasteiger partial charge on any atom is 0.250 e. The molecule has 3 N–H and O–H groups in total. The van der Waals surface area contributed by atoms with Crippen LogP contribution in [0.1, 0.15) is 71.6 Å². The average Bonchev–Trinajstić information content (AvgIpc) is 2.97. The maximum atomic E-state index is 12.7. The van der Waals surface area contributed by atoms with Gasteiger partial charge in [-0.1, -0.05) is 26.0 Å². The van der Waals surface area contributed by atoms with Crippen LogP contribution in [-0.2, 0) is 6.42 Å². The van der Waals surface area contributed by atoms with Crippen LogP contribution in [-0.4, -0.2) is 27.5 Å². The van der Waals surface area contributed by atoms with Crippen LogP contribution in [0.3, 0.4) is 0 Å². The molecule has 6 heteroatoms. The van der Waals surface area contributed by atoms with Crippen LogP contribution < -0.4 is 11.1 Å². The fourth-order valence-electron chi connectivity index (χ4n) is 4.50. The fraction of sp³-hybridized carbons (Fsp3) is 0.435. The van der Waals surface area contributed by atoms with Crippen LogP contribution in [0, 0.1) is 12.3 Å². The van der Waals surface area contributed by atoms with Gasteiger partial charge in [-0.05, 0) is 56.2 Å². The van der Waals surface area contributed by atoms with Crippen LogP contribution in [0.4, 0.5) is 5.69 Å². The Hall–Kier alpha value is -2.89. The van der Waals surface area contributed by atoms with Gasteiger partial charge in [-0.3, -0.25) is 9.59 Å². The number of hydrogen-bond acceptors (Lipinski definition) is 4. The number of rotatable bonds is 4. The van der Waals surface area contributed by atoms with Crippen molar-refractivity contribution in [2.45, 2.75) is 58.9 Å². The van der Waals surface area contributed by atoms with Gasteiger partial charge in [0, 0.05) is 18.2 Å². The molecule has 0 radical (unpaired) electrons. The molecule has 4 rings (SSSR count). The van der Waals surface area contributed by atoms with E-state index in [1.54, 1.807) is 6.07 Å². The van der Waals surface area contributed by atoms with Crippen molar-refractivity contribution in [1.29, 1.82) is 0 Å². The number of aryl methyl sites for hydroxylation is 1. The molecule has 2 aliphatic rings. The maximum absolute atomic E-state index is 12.7. The highest BCUT2D eigenvalue weighted by Crippen LogP contribution is 2.37. The molecule has 1 atom stereocenters. The van der Waals surface area contributed by atoms with Crippen molar-refractivity contribution >= 4 is 17.4 Å². The van der Waals surface area contributed by atoms with E-state index in [9.17, 15) is 9.59 Å². The molecule has 1 aromatic carbocycles. The van der Waals surface area contributed by atoms with E-state index in [1.165, 1.54) is 0 Å². The number of Topliss-reactive ketones (excluding diaryl/α,β-unsaturated/α-hetero) is 1. The molecule has 2 aromatic rings. The number of hydrogen-bond donors (Lipinski definition) is 2. The lowest BCUT2D eigenvalue weighted by Crippen LogP contribution is -2.28. The van der Waals surface area contributed by atoms with Gasteiger partial charge in [-0.15, -0.1) is 0 Å². The lowest BCUT2D eigenvalue weighted by Gasteiger charge is -2.29. The van der Waals surface area contributed by atoms with Crippen molar-refractivity contribution in [3.05, 3.63) is 52.9 Å². The first-order valence-electron chi connectivity index (χ1n) is 10.2. The number of benzene rings is 1. The van der Waals surface area contributed by atoms with Gasteiger partial charge in [-0.25, -0.2) is 4.68 Å². The lowest BCUT2D eigenvalue weighted by atomic mass is 9.75. The minimum absolute atomic E-state index is 0.100. The van der Waals surface area contributed by atoms with Crippen molar-refractivity contribution in [3.8, 4) is 5.69 Å². The second kappa shape index (κ2) is 7.17. The molecule has 1 amide bonds. The first kappa shape index (κ1) is 19.4. The molecule has 29 heavy (non-hydrogen) atoms. The number of nitrogens with two attached hydrogens (primary N) is 1. The van der Waals surface area contributed by atoms with Crippen LogP contribution >= 0.6 is 0 Å². The monoisotopic (exact) mass is 392 g/mol. The van der Waals surface area contributed by atoms with Crippen molar-refractivity contribution in [1.82, 2.24) is 9.78 Å². The first-order chi connectivity index (χ1) is 13.7. The number of anilines is 1. The number of nitrogens with one attached hydrogen (secondary N) is 1. The van der Waals surface area contributed by atoms with Gasteiger partial charge in [0.25, 0.3) is 5.91 Å². The van der Waals surface area contributed by atoms with E-state index in [1.807, 2.05) is 23.7 Å². The van der Waals surface area contributed by atoms with Gasteiger partial charge in [0.05, 0.1) is 28.2 Å². The minimum Gasteiger partial charge on any atom is -0.381 e. The molecule has 2 aliphatic carbocycles. The molecule has 0 saturated heterocycles. The highest BCUT2D eigenvalue weighted by atomic mass is 16.1. The summed E-state index contributed by atoms with van der Waals surface area (Å²) in [6, 6.07) is 5.79. The summed E-state index contributed by atoms with van der Waals surface area (Å²) in [5, 5.41) is 8.17. The molecule has 0 aliphatic heterocycles. The molecule has 0 bridgehead atoms. The second-order valence-corrected chi connectivity index (χ2v) is 8.98. The molecule has 152 valence electrons. The SMILES string of the molecule is Cc1nn(-c2ccc(C(N)=O)c(NC3CC=CCC3)c2)c2c1C(=O)CC(C)(C)C2. The highest BCUT2D eigenvalue weighted by Gasteiger charge is 2.35. The normalized spacial score (nSPS) is 20.4. The lowest BCUT2D eigenvalue weighted by molar-refractivity contribution is 0.0909. The molecular formula is C23H28N4O2. The van der Waals surface area contributed by atoms with Gasteiger partial charge in [0.2, 0.25) is 0 Å². The van der Waals surface area contributed by atoms with Crippen molar-refractivity contribution in [2.24, 2.45) is 11.1 Å². The molecule has 0 spiro atoms. The highest BCUT2D eigenvalue weighted by molar-refractivity contribution is 6.00. The topological polar surface area (TPSA) is 90.0 Å². The van der Waals surface area contributed by atoms with E-state index in [4.69, 9.17) is 5.73 Å². The van der Waals surface area contributed by atoms with Gasteiger partial charge in [-0.2, -0.15) is 5.10 Å². The molecule has 1 heterocycles. The molecule has 0 saturated carbocycles. The zero-order valence-corrected chi connectivity index (χ0v) is 17.3. The number of carbonyl (C=O) groups excluding carboxylic acids is 2. The van der Waals surface area contributed by atoms with Crippen molar-refractivity contribution < 1.29 is 9.59 Å². The van der Waals surface area contributed by atoms with E-state index >= 15 is 0 Å². The first-order valence-corrected chi connectivity index (χ1v) is 10.2. The Morgan fingerprint density at radius 1 is 1.28 bits per heavy atom.